The van der Waals surface area contributed by atoms with Gasteiger partial charge >= 0.3 is 0 Å². The van der Waals surface area contributed by atoms with E-state index >= 15 is 0 Å². The quantitative estimate of drug-likeness (QED) is 0.802. The Morgan fingerprint density at radius 2 is 1.83 bits per heavy atom. The Morgan fingerprint density at radius 1 is 1.04 bits per heavy atom. The molecule has 1 fully saturated rings. The molecule has 7 nitrogen and oxygen atoms in total. The van der Waals surface area contributed by atoms with Gasteiger partial charge in [0.2, 0.25) is 0 Å². The second-order valence-electron chi connectivity index (χ2n) is 5.89. The third-order valence-corrected chi connectivity index (χ3v) is 4.16. The molecule has 0 saturated carbocycles. The number of nitrogens with one attached hydrogen (secondary N) is 1. The number of nitrogens with zero attached hydrogens (tertiary/aromatic N) is 6. The molecule has 1 N–H and O–H groups in total. The van der Waals surface area contributed by atoms with Crippen LogP contribution in [-0.4, -0.2) is 38.1 Å². The molecule has 3 heterocycles. The Labute approximate surface area is 134 Å². The van der Waals surface area contributed by atoms with Crippen molar-refractivity contribution in [1.82, 2.24) is 25.0 Å². The summed E-state index contributed by atoms with van der Waals surface area (Å²) in [5, 5.41) is 14.9. The van der Waals surface area contributed by atoms with E-state index in [0.717, 1.165) is 30.3 Å². The van der Waals surface area contributed by atoms with Crippen LogP contribution in [0.4, 0.5) is 17.2 Å². The summed E-state index contributed by atoms with van der Waals surface area (Å²) in [5.41, 5.74) is 3.17. The molecule has 0 spiro atoms. The standard InChI is InChI=1S/C16H19N7/c1-12-11-15(23-16(17-12)19-20-21-23)18-13-5-7-14(8-6-13)22-9-3-2-4-10-22/h5-8,11,18H,2-4,9-10H2,1H3. The first-order valence-corrected chi connectivity index (χ1v) is 7.97. The summed E-state index contributed by atoms with van der Waals surface area (Å²) in [4.78, 5) is 6.74. The van der Waals surface area contributed by atoms with Gasteiger partial charge in [0, 0.05) is 36.2 Å². The topological polar surface area (TPSA) is 71.2 Å². The summed E-state index contributed by atoms with van der Waals surface area (Å²) in [5.74, 6) is 1.31. The van der Waals surface area contributed by atoms with Crippen molar-refractivity contribution in [3.8, 4) is 0 Å². The maximum atomic E-state index is 4.29. The number of fused-ring (bicyclic) bond motifs is 1. The van der Waals surface area contributed by atoms with Crippen LogP contribution in [0.1, 0.15) is 25.0 Å². The number of hydrogen-bond acceptors (Lipinski definition) is 6. The van der Waals surface area contributed by atoms with Gasteiger partial charge in [0.05, 0.1) is 0 Å². The molecule has 4 rings (SSSR count). The molecule has 23 heavy (non-hydrogen) atoms. The molecule has 0 bridgehead atoms. The van der Waals surface area contributed by atoms with Gasteiger partial charge in [0.15, 0.2) is 0 Å². The Morgan fingerprint density at radius 3 is 2.61 bits per heavy atom. The lowest BCUT2D eigenvalue weighted by Gasteiger charge is -2.28. The van der Waals surface area contributed by atoms with Crippen LogP contribution in [0, 0.1) is 6.92 Å². The number of hydrogen-bond donors (Lipinski definition) is 1. The third kappa shape index (κ3) is 2.81. The number of piperidine rings is 1. The van der Waals surface area contributed by atoms with Gasteiger partial charge in [-0.15, -0.1) is 0 Å². The fraction of sp³-hybridized carbons (Fsp3) is 0.375. The third-order valence-electron chi connectivity index (χ3n) is 4.16. The molecular formula is C16H19N7. The number of aromatic nitrogens is 5. The summed E-state index contributed by atoms with van der Waals surface area (Å²) in [6.07, 6.45) is 3.92. The van der Waals surface area contributed by atoms with Gasteiger partial charge in [-0.2, -0.15) is 4.52 Å². The lowest BCUT2D eigenvalue weighted by atomic mass is 10.1. The average Bonchev–Trinajstić information content (AvgIpc) is 3.05. The van der Waals surface area contributed by atoms with Crippen LogP contribution in [0.15, 0.2) is 30.3 Å². The van der Waals surface area contributed by atoms with E-state index in [2.05, 4.69) is 55.0 Å². The minimum Gasteiger partial charge on any atom is -0.372 e. The maximum Gasteiger partial charge on any atom is 0.275 e. The predicted molar refractivity (Wildman–Crippen MR) is 89.1 cm³/mol. The Balaban J connectivity index is 1.57. The normalized spacial score (nSPS) is 15.1. The smallest absolute Gasteiger partial charge is 0.275 e. The summed E-state index contributed by atoms with van der Waals surface area (Å²) in [6.45, 7) is 4.24. The van der Waals surface area contributed by atoms with E-state index in [1.165, 1.54) is 24.9 Å². The summed E-state index contributed by atoms with van der Waals surface area (Å²) < 4.78 is 1.60. The van der Waals surface area contributed by atoms with Crippen molar-refractivity contribution >= 4 is 23.0 Å². The van der Waals surface area contributed by atoms with Crippen molar-refractivity contribution in [2.24, 2.45) is 0 Å². The Hall–Kier alpha value is -2.70. The van der Waals surface area contributed by atoms with Gasteiger partial charge in [-0.05, 0) is 60.9 Å². The van der Waals surface area contributed by atoms with E-state index in [4.69, 9.17) is 0 Å². The molecule has 1 saturated heterocycles. The lowest BCUT2D eigenvalue weighted by molar-refractivity contribution is 0.578. The molecule has 3 aromatic rings. The van der Waals surface area contributed by atoms with E-state index in [1.807, 2.05) is 13.0 Å². The monoisotopic (exact) mass is 309 g/mol. The van der Waals surface area contributed by atoms with Crippen LogP contribution < -0.4 is 10.2 Å². The van der Waals surface area contributed by atoms with E-state index in [9.17, 15) is 0 Å². The first-order chi connectivity index (χ1) is 11.3. The SMILES string of the molecule is Cc1cc(Nc2ccc(N3CCCCC3)cc2)n2nnnc2n1. The van der Waals surface area contributed by atoms with Crippen LogP contribution in [-0.2, 0) is 0 Å². The molecule has 1 aromatic carbocycles. The summed E-state index contributed by atoms with van der Waals surface area (Å²) in [6, 6.07) is 10.4. The number of anilines is 3. The van der Waals surface area contributed by atoms with Crippen LogP contribution in [0.2, 0.25) is 0 Å². The van der Waals surface area contributed by atoms with Gasteiger partial charge < -0.3 is 10.2 Å². The number of aryl methyl sites for hydroxylation is 1. The van der Waals surface area contributed by atoms with Crippen molar-refractivity contribution in [2.75, 3.05) is 23.3 Å². The molecule has 0 unspecified atom stereocenters. The van der Waals surface area contributed by atoms with Crippen molar-refractivity contribution in [1.29, 1.82) is 0 Å². The fourth-order valence-electron chi connectivity index (χ4n) is 3.00. The molecule has 0 aliphatic carbocycles. The average molecular weight is 309 g/mol. The number of tetrazole rings is 1. The maximum absolute atomic E-state index is 4.29. The summed E-state index contributed by atoms with van der Waals surface area (Å²) >= 11 is 0. The second-order valence-corrected chi connectivity index (χ2v) is 5.89. The van der Waals surface area contributed by atoms with E-state index in [0.29, 0.717) is 5.78 Å². The highest BCUT2D eigenvalue weighted by Gasteiger charge is 2.11. The zero-order valence-corrected chi connectivity index (χ0v) is 13.1. The highest BCUT2D eigenvalue weighted by Crippen LogP contribution is 2.23. The van der Waals surface area contributed by atoms with Crippen LogP contribution in [0.25, 0.3) is 5.78 Å². The van der Waals surface area contributed by atoms with Gasteiger partial charge in [-0.3, -0.25) is 0 Å². The van der Waals surface area contributed by atoms with E-state index < -0.39 is 0 Å². The minimum absolute atomic E-state index is 0.498. The van der Waals surface area contributed by atoms with E-state index in [-0.39, 0.29) is 0 Å². The zero-order valence-electron chi connectivity index (χ0n) is 13.1. The largest absolute Gasteiger partial charge is 0.372 e. The van der Waals surface area contributed by atoms with Crippen LogP contribution >= 0.6 is 0 Å². The molecular weight excluding hydrogens is 290 g/mol. The molecule has 118 valence electrons. The predicted octanol–water partition coefficient (Wildman–Crippen LogP) is 2.56. The lowest BCUT2D eigenvalue weighted by Crippen LogP contribution is -2.29. The first-order valence-electron chi connectivity index (χ1n) is 7.97. The van der Waals surface area contributed by atoms with Gasteiger partial charge in [0.25, 0.3) is 5.78 Å². The molecule has 0 amide bonds. The Kier molecular flexibility index (Phi) is 3.53. The zero-order chi connectivity index (χ0) is 15.6. The van der Waals surface area contributed by atoms with Crippen molar-refractivity contribution in [3.63, 3.8) is 0 Å². The summed E-state index contributed by atoms with van der Waals surface area (Å²) in [7, 11) is 0. The van der Waals surface area contributed by atoms with Gasteiger partial charge in [-0.25, -0.2) is 4.98 Å². The number of benzene rings is 1. The highest BCUT2D eigenvalue weighted by molar-refractivity contribution is 5.62. The van der Waals surface area contributed by atoms with Crippen molar-refractivity contribution < 1.29 is 0 Å². The van der Waals surface area contributed by atoms with Crippen LogP contribution in [0.5, 0.6) is 0 Å². The Bertz CT molecular complexity index is 803. The van der Waals surface area contributed by atoms with Crippen molar-refractivity contribution in [3.05, 3.63) is 36.0 Å². The highest BCUT2D eigenvalue weighted by atomic mass is 15.5. The molecule has 0 radical (unpaired) electrons. The molecule has 7 heteroatoms. The molecule has 1 aliphatic heterocycles. The molecule has 0 atom stereocenters. The molecule has 2 aromatic heterocycles. The van der Waals surface area contributed by atoms with Crippen LogP contribution in [0.3, 0.4) is 0 Å². The fourth-order valence-corrected chi connectivity index (χ4v) is 3.00. The first kappa shape index (κ1) is 13.9. The second kappa shape index (κ2) is 5.83. The van der Waals surface area contributed by atoms with E-state index in [1.54, 1.807) is 4.52 Å². The molecule has 1 aliphatic rings. The van der Waals surface area contributed by atoms with Crippen molar-refractivity contribution in [2.45, 2.75) is 26.2 Å². The van der Waals surface area contributed by atoms with Gasteiger partial charge in [0.1, 0.15) is 5.82 Å². The van der Waals surface area contributed by atoms with Gasteiger partial charge in [-0.1, -0.05) is 5.10 Å². The number of rotatable bonds is 3. The minimum atomic E-state index is 0.498.